The van der Waals surface area contributed by atoms with Crippen molar-refractivity contribution in [2.24, 2.45) is 0 Å². The van der Waals surface area contributed by atoms with Crippen molar-refractivity contribution in [1.82, 2.24) is 24.4 Å². The molecule has 4 aromatic rings. The number of pyridine rings is 1. The molecule has 8 nitrogen and oxygen atoms in total. The number of aromatic nitrogens is 5. The summed E-state index contributed by atoms with van der Waals surface area (Å²) in [6, 6.07) is 7.23. The van der Waals surface area contributed by atoms with Crippen LogP contribution in [0.4, 0.5) is 4.39 Å². The topological polar surface area (TPSA) is 91.4 Å². The third-order valence-corrected chi connectivity index (χ3v) is 3.75. The van der Waals surface area contributed by atoms with Gasteiger partial charge in [0.25, 0.3) is 5.56 Å². The molecule has 0 saturated heterocycles. The maximum atomic E-state index is 13.4. The van der Waals surface area contributed by atoms with Gasteiger partial charge in [-0.1, -0.05) is 6.07 Å². The van der Waals surface area contributed by atoms with Crippen LogP contribution in [0.25, 0.3) is 22.4 Å². The molecule has 0 aliphatic rings. The predicted molar refractivity (Wildman–Crippen MR) is 85.2 cm³/mol. The summed E-state index contributed by atoms with van der Waals surface area (Å²) in [5, 5.41) is 11.9. The number of halogens is 1. The smallest absolute Gasteiger partial charge is 0.343 e. The minimum absolute atomic E-state index is 0.0405. The van der Waals surface area contributed by atoms with Crippen LogP contribution in [0, 0.1) is 5.82 Å². The first-order valence-corrected chi connectivity index (χ1v) is 7.20. The number of benzene rings is 1. The average Bonchev–Trinajstić information content (AvgIpc) is 3.06. The number of ether oxygens (including phenoxy) is 1. The standard InChI is InChI=1S/C16H10FN5O3/c1-25-16(24)11-8-18-22-12-5-6-21(10-4-2-3-9(17)7-10)15(23)13(12)19-20-14(11)22/h2-8H,1H3. The van der Waals surface area contributed by atoms with E-state index < -0.39 is 17.3 Å². The molecule has 25 heavy (non-hydrogen) atoms. The van der Waals surface area contributed by atoms with Crippen LogP contribution >= 0.6 is 0 Å². The number of carbonyl (C=O) groups excluding carboxylic acids is 1. The Morgan fingerprint density at radius 2 is 2.08 bits per heavy atom. The third kappa shape index (κ3) is 2.24. The van der Waals surface area contributed by atoms with Crippen molar-refractivity contribution < 1.29 is 13.9 Å². The van der Waals surface area contributed by atoms with Crippen LogP contribution in [0.3, 0.4) is 0 Å². The minimum atomic E-state index is -0.600. The SMILES string of the molecule is COC(=O)c1cnn2c1nnc1c(=O)n(-c3cccc(F)c3)ccc12. The second kappa shape index (κ2) is 5.48. The molecule has 3 heterocycles. The number of hydrogen-bond acceptors (Lipinski definition) is 6. The molecule has 0 bridgehead atoms. The number of rotatable bonds is 2. The van der Waals surface area contributed by atoms with Gasteiger partial charge in [0, 0.05) is 6.20 Å². The molecule has 0 amide bonds. The lowest BCUT2D eigenvalue weighted by molar-refractivity contribution is 0.0602. The molecular formula is C16H10FN5O3. The lowest BCUT2D eigenvalue weighted by Gasteiger charge is -2.07. The van der Waals surface area contributed by atoms with Gasteiger partial charge < -0.3 is 4.74 Å². The number of carbonyl (C=O) groups is 1. The van der Waals surface area contributed by atoms with Crippen molar-refractivity contribution in [2.75, 3.05) is 7.11 Å². The van der Waals surface area contributed by atoms with Crippen molar-refractivity contribution >= 4 is 22.6 Å². The van der Waals surface area contributed by atoms with Gasteiger partial charge in [-0.2, -0.15) is 5.10 Å². The fourth-order valence-electron chi connectivity index (χ4n) is 2.58. The van der Waals surface area contributed by atoms with Crippen LogP contribution in [0.1, 0.15) is 10.4 Å². The fourth-order valence-corrected chi connectivity index (χ4v) is 2.58. The second-order valence-electron chi connectivity index (χ2n) is 5.19. The summed E-state index contributed by atoms with van der Waals surface area (Å²) in [4.78, 5) is 24.4. The van der Waals surface area contributed by atoms with Gasteiger partial charge in [-0.05, 0) is 24.3 Å². The van der Waals surface area contributed by atoms with E-state index in [0.717, 1.165) is 0 Å². The predicted octanol–water partition coefficient (Wildman–Crippen LogP) is 1.35. The van der Waals surface area contributed by atoms with Gasteiger partial charge in [0.15, 0.2) is 11.2 Å². The van der Waals surface area contributed by atoms with Crippen molar-refractivity contribution in [1.29, 1.82) is 0 Å². The van der Waals surface area contributed by atoms with Crippen LogP contribution in [0.2, 0.25) is 0 Å². The van der Waals surface area contributed by atoms with Crippen LogP contribution in [-0.2, 0) is 4.74 Å². The summed E-state index contributed by atoms with van der Waals surface area (Å²) < 4.78 is 20.7. The first kappa shape index (κ1) is 14.9. The minimum Gasteiger partial charge on any atom is -0.465 e. The van der Waals surface area contributed by atoms with Crippen LogP contribution in [0.15, 0.2) is 47.5 Å². The molecule has 1 aromatic carbocycles. The number of hydrogen-bond donors (Lipinski definition) is 0. The Labute approximate surface area is 139 Å². The molecule has 0 fully saturated rings. The van der Waals surface area contributed by atoms with E-state index in [0.29, 0.717) is 11.2 Å². The molecular weight excluding hydrogens is 329 g/mol. The molecule has 0 saturated carbocycles. The zero-order chi connectivity index (χ0) is 17.6. The van der Waals surface area contributed by atoms with E-state index in [4.69, 9.17) is 0 Å². The Kier molecular flexibility index (Phi) is 3.27. The van der Waals surface area contributed by atoms with Gasteiger partial charge in [-0.25, -0.2) is 13.7 Å². The van der Waals surface area contributed by atoms with Crippen molar-refractivity contribution in [3.05, 3.63) is 64.5 Å². The normalized spacial score (nSPS) is 11.1. The molecule has 0 aliphatic carbocycles. The summed E-state index contributed by atoms with van der Waals surface area (Å²) >= 11 is 0. The highest BCUT2D eigenvalue weighted by Crippen LogP contribution is 2.15. The molecule has 3 aromatic heterocycles. The molecule has 124 valence electrons. The third-order valence-electron chi connectivity index (χ3n) is 3.75. The largest absolute Gasteiger partial charge is 0.465 e. The lowest BCUT2D eigenvalue weighted by Crippen LogP contribution is -2.20. The van der Waals surface area contributed by atoms with Gasteiger partial charge in [0.05, 0.1) is 19.0 Å². The molecule has 0 radical (unpaired) electrons. The van der Waals surface area contributed by atoms with Crippen molar-refractivity contribution in [3.8, 4) is 5.69 Å². The summed E-state index contributed by atoms with van der Waals surface area (Å²) in [6.45, 7) is 0. The van der Waals surface area contributed by atoms with Crippen LogP contribution < -0.4 is 5.56 Å². The van der Waals surface area contributed by atoms with Crippen molar-refractivity contribution in [2.45, 2.75) is 0 Å². The van der Waals surface area contributed by atoms with E-state index >= 15 is 0 Å². The second-order valence-corrected chi connectivity index (χ2v) is 5.19. The van der Waals surface area contributed by atoms with Gasteiger partial charge in [-0.15, -0.1) is 10.2 Å². The van der Waals surface area contributed by atoms with E-state index in [1.54, 1.807) is 12.1 Å². The highest BCUT2D eigenvalue weighted by atomic mass is 19.1. The average molecular weight is 339 g/mol. The summed E-state index contributed by atoms with van der Waals surface area (Å²) in [7, 11) is 1.25. The molecule has 0 spiro atoms. The first-order valence-electron chi connectivity index (χ1n) is 7.20. The van der Waals surface area contributed by atoms with Gasteiger partial charge in [0.1, 0.15) is 16.9 Å². The van der Waals surface area contributed by atoms with Crippen LogP contribution in [0.5, 0.6) is 0 Å². The quantitative estimate of drug-likeness (QED) is 0.512. The Morgan fingerprint density at radius 1 is 1.24 bits per heavy atom. The van der Waals surface area contributed by atoms with Gasteiger partial charge in [0.2, 0.25) is 0 Å². The monoisotopic (exact) mass is 339 g/mol. The molecule has 0 N–H and O–H groups in total. The van der Waals surface area contributed by atoms with Gasteiger partial charge in [-0.3, -0.25) is 9.36 Å². The van der Waals surface area contributed by atoms with E-state index in [1.807, 2.05) is 0 Å². The zero-order valence-corrected chi connectivity index (χ0v) is 12.9. The van der Waals surface area contributed by atoms with E-state index in [2.05, 4.69) is 20.0 Å². The maximum absolute atomic E-state index is 13.4. The molecule has 0 atom stereocenters. The lowest BCUT2D eigenvalue weighted by atomic mass is 10.3. The Balaban J connectivity index is 1.98. The highest BCUT2D eigenvalue weighted by molar-refractivity contribution is 5.96. The molecule has 0 unspecified atom stereocenters. The summed E-state index contributed by atoms with van der Waals surface area (Å²) in [6.07, 6.45) is 2.79. The summed E-state index contributed by atoms with van der Waals surface area (Å²) in [5.74, 6) is -1.06. The fraction of sp³-hybridized carbons (Fsp3) is 0.0625. The summed E-state index contributed by atoms with van der Waals surface area (Å²) in [5.41, 5.74) is 0.627. The number of nitrogens with zero attached hydrogens (tertiary/aromatic N) is 5. The number of fused-ring (bicyclic) bond motifs is 3. The highest BCUT2D eigenvalue weighted by Gasteiger charge is 2.18. The Morgan fingerprint density at radius 3 is 2.84 bits per heavy atom. The maximum Gasteiger partial charge on any atom is 0.343 e. The van der Waals surface area contributed by atoms with Gasteiger partial charge >= 0.3 is 5.97 Å². The van der Waals surface area contributed by atoms with Crippen molar-refractivity contribution in [3.63, 3.8) is 0 Å². The van der Waals surface area contributed by atoms with Crippen LogP contribution in [-0.4, -0.2) is 37.5 Å². The van der Waals surface area contributed by atoms with E-state index in [-0.39, 0.29) is 16.7 Å². The zero-order valence-electron chi connectivity index (χ0n) is 12.9. The van der Waals surface area contributed by atoms with E-state index in [1.165, 1.54) is 46.8 Å². The molecule has 4 rings (SSSR count). The first-order chi connectivity index (χ1) is 12.1. The number of esters is 1. The number of methoxy groups -OCH3 is 1. The Bertz CT molecular complexity index is 1200. The molecule has 0 aliphatic heterocycles. The molecule has 9 heteroatoms. The Hall–Kier alpha value is -3.62. The van der Waals surface area contributed by atoms with E-state index in [9.17, 15) is 14.0 Å².